The van der Waals surface area contributed by atoms with Crippen molar-refractivity contribution in [2.45, 2.75) is 89.2 Å². The summed E-state index contributed by atoms with van der Waals surface area (Å²) in [5.74, 6) is 0.405. The number of ether oxygens (including phenoxy) is 1. The van der Waals surface area contributed by atoms with Gasteiger partial charge in [-0.1, -0.05) is 82.3 Å². The minimum atomic E-state index is -0.904. The number of anilines is 2. The highest BCUT2D eigenvalue weighted by atomic mass is 35.5. The van der Waals surface area contributed by atoms with E-state index in [0.717, 1.165) is 94.0 Å². The number of likely N-dealkylation sites (tertiary alicyclic amines) is 1. The van der Waals surface area contributed by atoms with Crippen LogP contribution < -0.4 is 15.1 Å². The summed E-state index contributed by atoms with van der Waals surface area (Å²) < 4.78 is 5.53. The number of aliphatic hydroxyl groups is 3. The van der Waals surface area contributed by atoms with Gasteiger partial charge in [0.05, 0.1) is 56.3 Å². The van der Waals surface area contributed by atoms with Crippen LogP contribution in [0.2, 0.25) is 25.1 Å². The molecular formula is C55H73Cl6N7O5. The van der Waals surface area contributed by atoms with Crippen molar-refractivity contribution in [2.75, 3.05) is 95.4 Å². The predicted molar refractivity (Wildman–Crippen MR) is 301 cm³/mol. The zero-order valence-corrected chi connectivity index (χ0v) is 47.4. The van der Waals surface area contributed by atoms with E-state index in [1.807, 2.05) is 89.2 Å². The van der Waals surface area contributed by atoms with Gasteiger partial charge in [0.25, 0.3) is 0 Å². The third-order valence-corrected chi connectivity index (χ3v) is 15.7. The van der Waals surface area contributed by atoms with Crippen LogP contribution >= 0.6 is 70.4 Å². The number of piperidine rings is 2. The van der Waals surface area contributed by atoms with Gasteiger partial charge >= 0.3 is 6.09 Å². The van der Waals surface area contributed by atoms with E-state index in [9.17, 15) is 20.3 Å². The first-order valence-electron chi connectivity index (χ1n) is 24.9. The van der Waals surface area contributed by atoms with Crippen molar-refractivity contribution in [3.8, 4) is 6.07 Å². The minimum Gasteiger partial charge on any atom is -0.444 e. The van der Waals surface area contributed by atoms with Crippen LogP contribution in [0.5, 0.6) is 0 Å². The van der Waals surface area contributed by atoms with E-state index >= 15 is 0 Å². The minimum absolute atomic E-state index is 0. The van der Waals surface area contributed by atoms with Crippen molar-refractivity contribution in [3.63, 3.8) is 0 Å². The van der Waals surface area contributed by atoms with Crippen LogP contribution in [0, 0.1) is 23.2 Å². The van der Waals surface area contributed by atoms with Crippen LogP contribution in [0.4, 0.5) is 16.2 Å². The lowest BCUT2D eigenvalue weighted by Gasteiger charge is -2.47. The van der Waals surface area contributed by atoms with E-state index in [1.165, 1.54) is 5.56 Å². The number of aliphatic hydroxyl groups excluding tert-OH is 1. The van der Waals surface area contributed by atoms with Crippen LogP contribution in [0.15, 0.2) is 84.9 Å². The monoisotopic (exact) mass is 1120 g/mol. The van der Waals surface area contributed by atoms with Crippen molar-refractivity contribution < 1.29 is 24.9 Å². The first-order chi connectivity index (χ1) is 34.2. The topological polar surface area (TPSA) is 139 Å². The molecule has 18 heteroatoms. The number of carbonyl (C=O) groups is 1. The first kappa shape index (κ1) is 60.6. The van der Waals surface area contributed by atoms with Crippen LogP contribution in [0.3, 0.4) is 0 Å². The summed E-state index contributed by atoms with van der Waals surface area (Å²) in [6.45, 7) is 18.5. The van der Waals surface area contributed by atoms with E-state index < -0.39 is 16.8 Å². The van der Waals surface area contributed by atoms with Gasteiger partial charge in [-0.15, -0.1) is 12.4 Å². The van der Waals surface area contributed by atoms with Gasteiger partial charge in [-0.3, -0.25) is 9.80 Å². The summed E-state index contributed by atoms with van der Waals surface area (Å²) in [5, 5.41) is 45.8. The number of nitrogens with one attached hydrogen (secondary N) is 1. The highest BCUT2D eigenvalue weighted by Gasteiger charge is 2.41. The van der Waals surface area contributed by atoms with Crippen LogP contribution in [-0.4, -0.2) is 139 Å². The maximum absolute atomic E-state index is 12.5. The highest BCUT2D eigenvalue weighted by Crippen LogP contribution is 2.40. The molecule has 4 aliphatic rings. The molecule has 4 heterocycles. The van der Waals surface area contributed by atoms with Gasteiger partial charge in [0.2, 0.25) is 0 Å². The predicted octanol–water partition coefficient (Wildman–Crippen LogP) is 11.4. The molecule has 4 aromatic carbocycles. The molecule has 4 saturated heterocycles. The van der Waals surface area contributed by atoms with Gasteiger partial charge < -0.3 is 40.1 Å². The Labute approximate surface area is 464 Å². The maximum Gasteiger partial charge on any atom is 0.410 e. The fourth-order valence-electron chi connectivity index (χ4n) is 10.6. The fraction of sp³-hybridized carbons (Fsp3) is 0.527. The quantitative estimate of drug-likeness (QED) is 0.121. The maximum atomic E-state index is 12.5. The van der Waals surface area contributed by atoms with Gasteiger partial charge in [-0.2, -0.15) is 5.26 Å². The van der Waals surface area contributed by atoms with Crippen molar-refractivity contribution in [2.24, 2.45) is 11.8 Å². The van der Waals surface area contributed by atoms with Crippen molar-refractivity contribution in [3.05, 3.63) is 127 Å². The van der Waals surface area contributed by atoms with E-state index in [4.69, 9.17) is 67.8 Å². The molecule has 1 amide bonds. The van der Waals surface area contributed by atoms with E-state index in [0.29, 0.717) is 70.8 Å². The number of nitrogens with zero attached hydrogens (tertiary/aromatic N) is 6. The Balaban J connectivity index is 0.000000264. The standard InChI is InChI=1S/C30H38Cl2N4O3.C24H30Cl3N3O.CH4O.ClH/c1-29(2,3)39-28(37)35-13-11-23(12-14-35)30(4,38)20-34-15-16-36(26-10-5-21(18-33)17-25(26)32)27(19-34)22-6-8-24(31)9-7-22;1-24(31,18-8-10-28-11-9-18)16-29-12-13-30(22-7-6-20(26)14-21(22)27)23(15-29)17-2-4-19(25)5-3-17;1-2;/h5-10,17,23,27,38H,11-16,19-20H2,1-4H3;2-7,14,18,23,28,31H,8-13,15-16H2,1H3;2H,1H3;1H. The average molecular weight is 1120 g/mol. The summed E-state index contributed by atoms with van der Waals surface area (Å²) in [7, 11) is 1.00. The molecule has 0 spiro atoms. The fourth-order valence-corrected chi connectivity index (χ4v) is 11.7. The SMILES string of the molecule is CC(C)(C)OC(=O)N1CCC(C(C)(O)CN2CCN(c3ccc(C#N)cc3Cl)C(c3ccc(Cl)cc3)C2)CC1.CC(O)(CN1CCN(c2ccc(Cl)cc2Cl)C(c2ccc(Cl)cc2)C1)C1CCNCC1.CO.Cl. The Morgan fingerprint density at radius 3 is 1.48 bits per heavy atom. The van der Waals surface area contributed by atoms with Gasteiger partial charge in [0.1, 0.15) is 5.60 Å². The summed E-state index contributed by atoms with van der Waals surface area (Å²) in [5.41, 5.74) is 2.55. The second-order valence-corrected chi connectivity index (χ2v) is 23.0. The van der Waals surface area contributed by atoms with E-state index in [2.05, 4.69) is 43.1 Å². The van der Waals surface area contributed by atoms with E-state index in [-0.39, 0.29) is 36.5 Å². The summed E-state index contributed by atoms with van der Waals surface area (Å²) in [4.78, 5) is 23.5. The molecule has 12 nitrogen and oxygen atoms in total. The van der Waals surface area contributed by atoms with Gasteiger partial charge in [-0.05, 0) is 157 Å². The molecule has 8 rings (SSSR count). The molecule has 0 aliphatic carbocycles. The Kier molecular flexibility index (Phi) is 22.6. The molecule has 400 valence electrons. The van der Waals surface area contributed by atoms with E-state index in [1.54, 1.807) is 23.1 Å². The van der Waals surface area contributed by atoms with Crippen molar-refractivity contribution in [1.82, 2.24) is 20.0 Å². The Bertz CT molecular complexity index is 2420. The second kappa shape index (κ2) is 27.2. The summed E-state index contributed by atoms with van der Waals surface area (Å²) >= 11 is 31.7. The normalized spacial score (nSPS) is 21.0. The largest absolute Gasteiger partial charge is 0.444 e. The molecule has 4 unspecified atom stereocenters. The smallest absolute Gasteiger partial charge is 0.410 e. The van der Waals surface area contributed by atoms with Crippen LogP contribution in [-0.2, 0) is 4.74 Å². The number of hydrogen-bond donors (Lipinski definition) is 4. The zero-order chi connectivity index (χ0) is 52.4. The summed E-state index contributed by atoms with van der Waals surface area (Å²) in [6.07, 6.45) is 3.22. The Morgan fingerprint density at radius 1 is 0.630 bits per heavy atom. The second-order valence-electron chi connectivity index (χ2n) is 20.8. The molecule has 4 N–H and O–H groups in total. The molecule has 0 saturated carbocycles. The van der Waals surface area contributed by atoms with Crippen LogP contribution in [0.1, 0.15) is 89.1 Å². The zero-order valence-electron chi connectivity index (χ0n) is 42.8. The number of carbonyl (C=O) groups excluding carboxylic acids is 1. The molecule has 4 aromatic rings. The molecular weight excluding hydrogens is 1050 g/mol. The average Bonchev–Trinajstić information content (AvgIpc) is 3.35. The molecule has 73 heavy (non-hydrogen) atoms. The molecule has 4 atom stereocenters. The first-order valence-corrected chi connectivity index (χ1v) is 26.8. The van der Waals surface area contributed by atoms with Crippen molar-refractivity contribution >= 4 is 87.9 Å². The molecule has 0 radical (unpaired) electrons. The number of β-amino-alcohol motifs (C(OH)–C–C–N with tert-alkyl or cyclic N) is 2. The number of amides is 1. The molecule has 4 aliphatic heterocycles. The van der Waals surface area contributed by atoms with Crippen molar-refractivity contribution in [1.29, 1.82) is 5.26 Å². The number of benzene rings is 4. The lowest BCUT2D eigenvalue weighted by molar-refractivity contribution is -0.0564. The lowest BCUT2D eigenvalue weighted by Crippen LogP contribution is -2.56. The number of halogens is 6. The van der Waals surface area contributed by atoms with Gasteiger partial charge in [0, 0.05) is 87.6 Å². The number of hydrogen-bond acceptors (Lipinski definition) is 11. The Hall–Kier alpha value is -3.26. The molecule has 0 aromatic heterocycles. The van der Waals surface area contributed by atoms with Gasteiger partial charge in [0.15, 0.2) is 0 Å². The number of rotatable bonds is 10. The molecule has 4 fully saturated rings. The van der Waals surface area contributed by atoms with Gasteiger partial charge in [-0.25, -0.2) is 4.79 Å². The van der Waals surface area contributed by atoms with Crippen LogP contribution in [0.25, 0.3) is 0 Å². The third kappa shape index (κ3) is 16.6. The third-order valence-electron chi connectivity index (χ3n) is 14.4. The highest BCUT2D eigenvalue weighted by molar-refractivity contribution is 6.36. The number of piperazine rings is 2. The molecule has 0 bridgehead atoms. The Morgan fingerprint density at radius 2 is 1.05 bits per heavy atom. The summed E-state index contributed by atoms with van der Waals surface area (Å²) in [6, 6.07) is 29.2. The number of nitriles is 1. The lowest BCUT2D eigenvalue weighted by atomic mass is 9.81.